The Hall–Kier alpha value is -1.90. The van der Waals surface area contributed by atoms with Gasteiger partial charge in [0.2, 0.25) is 0 Å². The summed E-state index contributed by atoms with van der Waals surface area (Å²) in [6.07, 6.45) is 0.996. The summed E-state index contributed by atoms with van der Waals surface area (Å²) in [6, 6.07) is 6.36. The van der Waals surface area contributed by atoms with Crippen LogP contribution in [0.3, 0.4) is 0 Å². The van der Waals surface area contributed by atoms with Crippen molar-refractivity contribution in [2.24, 2.45) is 0 Å². The molecule has 0 atom stereocenters. The first-order valence-electron chi connectivity index (χ1n) is 6.45. The predicted octanol–water partition coefficient (Wildman–Crippen LogP) is 3.27. The number of nitrogens with zero attached hydrogens (tertiary/aromatic N) is 1. The number of hydrogen-bond acceptors (Lipinski definition) is 3. The predicted molar refractivity (Wildman–Crippen MR) is 76.3 cm³/mol. The van der Waals surface area contributed by atoms with Gasteiger partial charge in [0, 0.05) is 17.5 Å². The molecule has 1 aromatic heterocycles. The molecule has 0 saturated carbocycles. The zero-order valence-corrected chi connectivity index (χ0v) is 11.9. The molecule has 0 saturated heterocycles. The molecule has 0 spiro atoms. The van der Waals surface area contributed by atoms with Crippen LogP contribution in [0.4, 0.5) is 0 Å². The Morgan fingerprint density at radius 3 is 2.58 bits per heavy atom. The van der Waals surface area contributed by atoms with Gasteiger partial charge in [0.25, 0.3) is 0 Å². The van der Waals surface area contributed by atoms with Crippen molar-refractivity contribution in [2.75, 3.05) is 7.11 Å². The lowest BCUT2D eigenvalue weighted by Crippen LogP contribution is -2.04. The molecule has 0 N–H and O–H groups in total. The molecule has 0 aliphatic rings. The van der Waals surface area contributed by atoms with Gasteiger partial charge in [-0.2, -0.15) is 0 Å². The highest BCUT2D eigenvalue weighted by atomic mass is 16.5. The van der Waals surface area contributed by atoms with E-state index in [1.54, 1.807) is 0 Å². The van der Waals surface area contributed by atoms with Crippen LogP contribution in [-0.4, -0.2) is 18.1 Å². The van der Waals surface area contributed by atoms with E-state index < -0.39 is 0 Å². The summed E-state index contributed by atoms with van der Waals surface area (Å²) in [5.41, 5.74) is 5.61. The third-order valence-electron chi connectivity index (χ3n) is 3.32. The largest absolute Gasteiger partial charge is 0.469 e. The van der Waals surface area contributed by atoms with Crippen molar-refractivity contribution < 1.29 is 9.53 Å². The quantitative estimate of drug-likeness (QED) is 0.792. The van der Waals surface area contributed by atoms with Gasteiger partial charge in [0.1, 0.15) is 0 Å². The van der Waals surface area contributed by atoms with E-state index in [-0.39, 0.29) is 5.97 Å². The molecule has 0 radical (unpaired) electrons. The molecule has 3 nitrogen and oxygen atoms in total. The number of carbonyl (C=O) groups excluding carboxylic acids is 1. The Kier molecular flexibility index (Phi) is 3.84. The second-order valence-electron chi connectivity index (χ2n) is 4.98. The summed E-state index contributed by atoms with van der Waals surface area (Å²) in [5, 5.41) is 1.19. The van der Waals surface area contributed by atoms with Crippen LogP contribution in [0.25, 0.3) is 10.9 Å². The Morgan fingerprint density at radius 1 is 1.16 bits per heavy atom. The van der Waals surface area contributed by atoms with Gasteiger partial charge < -0.3 is 4.74 Å². The minimum atomic E-state index is -0.194. The number of methoxy groups -OCH3 is 1. The SMILES string of the molecule is COC(=O)CCc1cc(C)c2cc(C)cc(C)c2n1. The zero-order chi connectivity index (χ0) is 14.0. The first-order valence-corrected chi connectivity index (χ1v) is 6.45. The van der Waals surface area contributed by atoms with E-state index in [4.69, 9.17) is 0 Å². The first kappa shape index (κ1) is 13.5. The van der Waals surface area contributed by atoms with Crippen molar-refractivity contribution >= 4 is 16.9 Å². The number of carbonyl (C=O) groups is 1. The number of ether oxygens (including phenoxy) is 1. The van der Waals surface area contributed by atoms with Gasteiger partial charge in [0.15, 0.2) is 0 Å². The molecule has 0 unspecified atom stereocenters. The van der Waals surface area contributed by atoms with Gasteiger partial charge in [-0.15, -0.1) is 0 Å². The van der Waals surface area contributed by atoms with Gasteiger partial charge >= 0.3 is 5.97 Å². The van der Waals surface area contributed by atoms with Crippen molar-refractivity contribution in [1.29, 1.82) is 0 Å². The molecule has 1 aromatic carbocycles. The highest BCUT2D eigenvalue weighted by Crippen LogP contribution is 2.23. The number of esters is 1. The van der Waals surface area contributed by atoms with Crippen molar-refractivity contribution in [2.45, 2.75) is 33.6 Å². The van der Waals surface area contributed by atoms with Crippen LogP contribution in [0.15, 0.2) is 18.2 Å². The lowest BCUT2D eigenvalue weighted by Gasteiger charge is -2.09. The molecule has 2 aromatic rings. The van der Waals surface area contributed by atoms with Crippen LogP contribution < -0.4 is 0 Å². The maximum atomic E-state index is 11.2. The fourth-order valence-corrected chi connectivity index (χ4v) is 2.37. The third kappa shape index (κ3) is 2.92. The Balaban J connectivity index is 2.41. The van der Waals surface area contributed by atoms with E-state index >= 15 is 0 Å². The highest BCUT2D eigenvalue weighted by Gasteiger charge is 2.08. The summed E-state index contributed by atoms with van der Waals surface area (Å²) in [5.74, 6) is -0.194. The average Bonchev–Trinajstić information content (AvgIpc) is 2.37. The molecule has 0 amide bonds. The molecule has 0 aliphatic heterocycles. The number of rotatable bonds is 3. The fraction of sp³-hybridized carbons (Fsp3) is 0.375. The van der Waals surface area contributed by atoms with E-state index in [1.807, 2.05) is 0 Å². The topological polar surface area (TPSA) is 39.2 Å². The van der Waals surface area contributed by atoms with E-state index in [1.165, 1.54) is 29.2 Å². The second kappa shape index (κ2) is 5.39. The Bertz CT molecular complexity index is 632. The fourth-order valence-electron chi connectivity index (χ4n) is 2.37. The molecular weight excluding hydrogens is 238 g/mol. The number of pyridine rings is 1. The zero-order valence-electron chi connectivity index (χ0n) is 11.9. The molecule has 2 rings (SSSR count). The summed E-state index contributed by atoms with van der Waals surface area (Å²) in [4.78, 5) is 15.9. The molecule has 0 aliphatic carbocycles. The highest BCUT2D eigenvalue weighted by molar-refractivity contribution is 5.85. The van der Waals surface area contributed by atoms with E-state index in [2.05, 4.69) is 48.7 Å². The van der Waals surface area contributed by atoms with Crippen LogP contribution >= 0.6 is 0 Å². The van der Waals surface area contributed by atoms with E-state index in [0.29, 0.717) is 12.8 Å². The second-order valence-corrected chi connectivity index (χ2v) is 4.98. The molecule has 0 fully saturated rings. The van der Waals surface area contributed by atoms with Crippen molar-refractivity contribution in [1.82, 2.24) is 4.98 Å². The van der Waals surface area contributed by atoms with E-state index in [9.17, 15) is 4.79 Å². The monoisotopic (exact) mass is 257 g/mol. The van der Waals surface area contributed by atoms with Gasteiger partial charge in [0.05, 0.1) is 19.0 Å². The average molecular weight is 257 g/mol. The smallest absolute Gasteiger partial charge is 0.305 e. The molecule has 3 heteroatoms. The van der Waals surface area contributed by atoms with Gasteiger partial charge in [-0.1, -0.05) is 11.6 Å². The Morgan fingerprint density at radius 2 is 1.89 bits per heavy atom. The van der Waals surface area contributed by atoms with Crippen molar-refractivity contribution in [3.05, 3.63) is 40.6 Å². The lowest BCUT2D eigenvalue weighted by atomic mass is 10.0. The van der Waals surface area contributed by atoms with E-state index in [0.717, 1.165) is 11.2 Å². The van der Waals surface area contributed by atoms with Crippen LogP contribution in [0.1, 0.15) is 28.8 Å². The number of benzene rings is 1. The molecular formula is C16H19NO2. The number of hydrogen-bond donors (Lipinski definition) is 0. The Labute approximate surface area is 113 Å². The molecule has 1 heterocycles. The van der Waals surface area contributed by atoms with Crippen LogP contribution in [0.2, 0.25) is 0 Å². The number of aromatic nitrogens is 1. The van der Waals surface area contributed by atoms with Gasteiger partial charge in [-0.25, -0.2) is 0 Å². The molecule has 100 valence electrons. The van der Waals surface area contributed by atoms with Crippen molar-refractivity contribution in [3.63, 3.8) is 0 Å². The minimum absolute atomic E-state index is 0.194. The first-order chi connectivity index (χ1) is 9.01. The minimum Gasteiger partial charge on any atom is -0.469 e. The van der Waals surface area contributed by atoms with Gasteiger partial charge in [-0.3, -0.25) is 9.78 Å². The van der Waals surface area contributed by atoms with Gasteiger partial charge in [-0.05, 0) is 44.0 Å². The third-order valence-corrected chi connectivity index (χ3v) is 3.32. The van der Waals surface area contributed by atoms with Crippen LogP contribution in [-0.2, 0) is 16.0 Å². The summed E-state index contributed by atoms with van der Waals surface area (Å²) < 4.78 is 4.66. The van der Waals surface area contributed by atoms with Crippen LogP contribution in [0, 0.1) is 20.8 Å². The maximum Gasteiger partial charge on any atom is 0.305 e. The van der Waals surface area contributed by atoms with Crippen molar-refractivity contribution in [3.8, 4) is 0 Å². The number of aryl methyl sites for hydroxylation is 4. The number of fused-ring (bicyclic) bond motifs is 1. The summed E-state index contributed by atoms with van der Waals surface area (Å²) in [6.45, 7) is 6.26. The normalized spacial score (nSPS) is 10.7. The maximum absolute atomic E-state index is 11.2. The summed E-state index contributed by atoms with van der Waals surface area (Å²) >= 11 is 0. The standard InChI is InChI=1S/C16H19NO2/c1-10-7-12(3)16-14(8-10)11(2)9-13(17-16)5-6-15(18)19-4/h7-9H,5-6H2,1-4H3. The molecule has 0 bridgehead atoms. The lowest BCUT2D eigenvalue weighted by molar-refractivity contribution is -0.140. The molecule has 19 heavy (non-hydrogen) atoms. The van der Waals surface area contributed by atoms with Crippen LogP contribution in [0.5, 0.6) is 0 Å². The summed E-state index contributed by atoms with van der Waals surface area (Å²) in [7, 11) is 1.41.